The van der Waals surface area contributed by atoms with E-state index >= 15 is 0 Å². The van der Waals surface area contributed by atoms with Crippen LogP contribution in [-0.2, 0) is 11.3 Å². The molecule has 3 aromatic rings. The summed E-state index contributed by atoms with van der Waals surface area (Å²) >= 11 is 0. The topological polar surface area (TPSA) is 56.2 Å². The number of rotatable bonds is 8. The maximum absolute atomic E-state index is 13.1. The third-order valence-electron chi connectivity index (χ3n) is 4.76. The molecule has 0 aliphatic carbocycles. The number of halogens is 1. The first-order valence-corrected chi connectivity index (χ1v) is 9.86. The SMILES string of the molecule is Cc1ccc(Cn2nc(C)c(/C=C/C(=O)NCCOc3cccc(F)c3)c2C)cc1. The van der Waals surface area contributed by atoms with E-state index in [0.717, 1.165) is 17.0 Å². The minimum absolute atomic E-state index is 0.220. The number of nitrogens with zero attached hydrogens (tertiary/aromatic N) is 2. The molecular formula is C24H26FN3O2. The van der Waals surface area contributed by atoms with Gasteiger partial charge in [0.1, 0.15) is 18.2 Å². The average molecular weight is 407 g/mol. The Morgan fingerprint density at radius 1 is 1.17 bits per heavy atom. The zero-order valence-electron chi connectivity index (χ0n) is 17.5. The Morgan fingerprint density at radius 3 is 2.67 bits per heavy atom. The van der Waals surface area contributed by atoms with Crippen LogP contribution in [0.25, 0.3) is 6.08 Å². The molecule has 6 heteroatoms. The standard InChI is InChI=1S/C24H26FN3O2/c1-17-7-9-20(10-8-17)16-28-19(3)23(18(2)27-28)11-12-24(29)26-13-14-30-22-6-4-5-21(25)15-22/h4-12,15H,13-14,16H2,1-3H3,(H,26,29)/b12-11+. The molecule has 3 rings (SSSR count). The summed E-state index contributed by atoms with van der Waals surface area (Å²) in [4.78, 5) is 12.1. The minimum atomic E-state index is -0.354. The van der Waals surface area contributed by atoms with Crippen molar-refractivity contribution in [3.63, 3.8) is 0 Å². The molecule has 1 amide bonds. The number of aryl methyl sites for hydroxylation is 2. The van der Waals surface area contributed by atoms with Crippen molar-refractivity contribution < 1.29 is 13.9 Å². The number of aromatic nitrogens is 2. The van der Waals surface area contributed by atoms with Crippen LogP contribution < -0.4 is 10.1 Å². The van der Waals surface area contributed by atoms with Crippen LogP contribution in [0.3, 0.4) is 0 Å². The molecule has 0 saturated carbocycles. The van der Waals surface area contributed by atoms with Crippen LogP contribution in [-0.4, -0.2) is 28.8 Å². The largest absolute Gasteiger partial charge is 0.492 e. The zero-order chi connectivity index (χ0) is 21.5. The molecule has 156 valence electrons. The fourth-order valence-electron chi connectivity index (χ4n) is 3.09. The molecule has 30 heavy (non-hydrogen) atoms. The van der Waals surface area contributed by atoms with Gasteiger partial charge >= 0.3 is 0 Å². The molecule has 1 N–H and O–H groups in total. The lowest BCUT2D eigenvalue weighted by atomic mass is 10.1. The van der Waals surface area contributed by atoms with E-state index in [1.54, 1.807) is 18.2 Å². The quantitative estimate of drug-likeness (QED) is 0.450. The lowest BCUT2D eigenvalue weighted by molar-refractivity contribution is -0.116. The van der Waals surface area contributed by atoms with Gasteiger partial charge in [-0.3, -0.25) is 9.48 Å². The monoisotopic (exact) mass is 407 g/mol. The molecule has 1 heterocycles. The van der Waals surface area contributed by atoms with Crippen molar-refractivity contribution >= 4 is 12.0 Å². The van der Waals surface area contributed by atoms with Gasteiger partial charge in [-0.2, -0.15) is 5.10 Å². The number of benzene rings is 2. The molecule has 0 radical (unpaired) electrons. The maximum Gasteiger partial charge on any atom is 0.244 e. The lowest BCUT2D eigenvalue weighted by Gasteiger charge is -2.06. The summed E-state index contributed by atoms with van der Waals surface area (Å²) in [7, 11) is 0. The second-order valence-electron chi connectivity index (χ2n) is 7.16. The Labute approximate surface area is 176 Å². The van der Waals surface area contributed by atoms with E-state index in [1.165, 1.54) is 29.3 Å². The van der Waals surface area contributed by atoms with Gasteiger partial charge in [0, 0.05) is 23.4 Å². The molecule has 0 aliphatic rings. The summed E-state index contributed by atoms with van der Waals surface area (Å²) in [5, 5.41) is 7.36. The highest BCUT2D eigenvalue weighted by Gasteiger charge is 2.10. The van der Waals surface area contributed by atoms with Gasteiger partial charge < -0.3 is 10.1 Å². The Hall–Kier alpha value is -3.41. The molecule has 0 fully saturated rings. The number of hydrogen-bond donors (Lipinski definition) is 1. The normalized spacial score (nSPS) is 11.1. The molecule has 0 bridgehead atoms. The summed E-state index contributed by atoms with van der Waals surface area (Å²) in [5.41, 5.74) is 5.22. The van der Waals surface area contributed by atoms with Crippen molar-refractivity contribution in [1.82, 2.24) is 15.1 Å². The summed E-state index contributed by atoms with van der Waals surface area (Å²) in [6, 6.07) is 14.3. The second-order valence-corrected chi connectivity index (χ2v) is 7.16. The van der Waals surface area contributed by atoms with Crippen LogP contribution in [0, 0.1) is 26.6 Å². The number of hydrogen-bond acceptors (Lipinski definition) is 3. The summed E-state index contributed by atoms with van der Waals surface area (Å²) in [6.07, 6.45) is 3.28. The van der Waals surface area contributed by atoms with Gasteiger partial charge in [-0.05, 0) is 44.5 Å². The van der Waals surface area contributed by atoms with Gasteiger partial charge in [0.05, 0.1) is 18.8 Å². The molecule has 2 aromatic carbocycles. The molecule has 1 aromatic heterocycles. The summed E-state index contributed by atoms with van der Waals surface area (Å²) in [6.45, 7) is 7.26. The van der Waals surface area contributed by atoms with Crippen molar-refractivity contribution in [3.05, 3.63) is 88.5 Å². The summed E-state index contributed by atoms with van der Waals surface area (Å²) < 4.78 is 20.5. The molecule has 0 aliphatic heterocycles. The number of carbonyl (C=O) groups is 1. The highest BCUT2D eigenvalue weighted by Crippen LogP contribution is 2.17. The Morgan fingerprint density at radius 2 is 1.93 bits per heavy atom. The van der Waals surface area contributed by atoms with E-state index in [-0.39, 0.29) is 18.3 Å². The first-order valence-electron chi connectivity index (χ1n) is 9.86. The van der Waals surface area contributed by atoms with Crippen molar-refractivity contribution in [2.45, 2.75) is 27.3 Å². The molecule has 0 saturated heterocycles. The van der Waals surface area contributed by atoms with E-state index in [0.29, 0.717) is 18.8 Å². The Bertz CT molecular complexity index is 1040. The number of amides is 1. The number of carbonyl (C=O) groups excluding carboxylic acids is 1. The molecule has 0 spiro atoms. The fourth-order valence-corrected chi connectivity index (χ4v) is 3.09. The molecular weight excluding hydrogens is 381 g/mol. The van der Waals surface area contributed by atoms with E-state index in [9.17, 15) is 9.18 Å². The first kappa shape index (κ1) is 21.3. The Balaban J connectivity index is 1.52. The zero-order valence-corrected chi connectivity index (χ0v) is 17.5. The van der Waals surface area contributed by atoms with Crippen LogP contribution in [0.15, 0.2) is 54.6 Å². The van der Waals surface area contributed by atoms with Gasteiger partial charge in [0.25, 0.3) is 0 Å². The second kappa shape index (κ2) is 9.87. The van der Waals surface area contributed by atoms with E-state index in [2.05, 4.69) is 41.6 Å². The van der Waals surface area contributed by atoms with E-state index < -0.39 is 0 Å². The summed E-state index contributed by atoms with van der Waals surface area (Å²) in [5.74, 6) is -0.136. The minimum Gasteiger partial charge on any atom is -0.492 e. The number of nitrogens with one attached hydrogen (secondary N) is 1. The van der Waals surface area contributed by atoms with E-state index in [1.807, 2.05) is 18.5 Å². The van der Waals surface area contributed by atoms with Gasteiger partial charge in [-0.15, -0.1) is 0 Å². The average Bonchev–Trinajstić information content (AvgIpc) is 2.98. The highest BCUT2D eigenvalue weighted by atomic mass is 19.1. The first-order chi connectivity index (χ1) is 14.4. The molecule has 0 atom stereocenters. The maximum atomic E-state index is 13.1. The van der Waals surface area contributed by atoms with Crippen LogP contribution in [0.2, 0.25) is 0 Å². The van der Waals surface area contributed by atoms with E-state index in [4.69, 9.17) is 4.74 Å². The third-order valence-corrected chi connectivity index (χ3v) is 4.76. The van der Waals surface area contributed by atoms with Crippen LogP contribution in [0.1, 0.15) is 28.1 Å². The smallest absolute Gasteiger partial charge is 0.244 e. The van der Waals surface area contributed by atoms with Crippen LogP contribution in [0.5, 0.6) is 5.75 Å². The van der Waals surface area contributed by atoms with Gasteiger partial charge in [-0.1, -0.05) is 35.9 Å². The highest BCUT2D eigenvalue weighted by molar-refractivity contribution is 5.92. The Kier molecular flexibility index (Phi) is 7.01. The fraction of sp³-hybridized carbons (Fsp3) is 0.250. The number of ether oxygens (including phenoxy) is 1. The van der Waals surface area contributed by atoms with Gasteiger partial charge in [0.2, 0.25) is 5.91 Å². The third kappa shape index (κ3) is 5.80. The van der Waals surface area contributed by atoms with Crippen molar-refractivity contribution in [2.75, 3.05) is 13.2 Å². The van der Waals surface area contributed by atoms with Gasteiger partial charge in [0.15, 0.2) is 0 Å². The molecule has 0 unspecified atom stereocenters. The van der Waals surface area contributed by atoms with Crippen LogP contribution in [0.4, 0.5) is 4.39 Å². The van der Waals surface area contributed by atoms with Crippen molar-refractivity contribution in [1.29, 1.82) is 0 Å². The van der Waals surface area contributed by atoms with Gasteiger partial charge in [-0.25, -0.2) is 4.39 Å². The van der Waals surface area contributed by atoms with Crippen molar-refractivity contribution in [3.8, 4) is 5.75 Å². The van der Waals surface area contributed by atoms with Crippen LogP contribution >= 0.6 is 0 Å². The molecule has 5 nitrogen and oxygen atoms in total. The lowest BCUT2D eigenvalue weighted by Crippen LogP contribution is -2.26. The predicted molar refractivity (Wildman–Crippen MR) is 116 cm³/mol. The van der Waals surface area contributed by atoms with Crippen molar-refractivity contribution in [2.24, 2.45) is 0 Å². The predicted octanol–water partition coefficient (Wildman–Crippen LogP) is 4.20.